The first-order valence-electron chi connectivity index (χ1n) is 6.08. The van der Waals surface area contributed by atoms with Crippen molar-refractivity contribution in [2.24, 2.45) is 0 Å². The first kappa shape index (κ1) is 14.3. The van der Waals surface area contributed by atoms with Gasteiger partial charge in [0.15, 0.2) is 6.61 Å². The van der Waals surface area contributed by atoms with Crippen LogP contribution in [0, 0.1) is 0 Å². The third kappa shape index (κ3) is 3.92. The van der Waals surface area contributed by atoms with Crippen molar-refractivity contribution < 1.29 is 14.3 Å². The summed E-state index contributed by atoms with van der Waals surface area (Å²) in [6.07, 6.45) is 3.54. The van der Waals surface area contributed by atoms with E-state index < -0.39 is 5.97 Å². The Morgan fingerprint density at radius 2 is 2.40 bits per heavy atom. The van der Waals surface area contributed by atoms with E-state index in [1.165, 1.54) is 6.92 Å². The zero-order valence-electron chi connectivity index (χ0n) is 11.0. The average Bonchev–Trinajstić information content (AvgIpc) is 3.09. The Bertz CT molecular complexity index is 517. The van der Waals surface area contributed by atoms with Crippen LogP contribution in [-0.4, -0.2) is 34.8 Å². The van der Waals surface area contributed by atoms with Crippen molar-refractivity contribution in [2.45, 2.75) is 13.0 Å². The van der Waals surface area contributed by atoms with Crippen LogP contribution in [0.5, 0.6) is 0 Å². The van der Waals surface area contributed by atoms with E-state index >= 15 is 0 Å². The zero-order valence-corrected chi connectivity index (χ0v) is 11.8. The molecule has 0 fully saturated rings. The van der Waals surface area contributed by atoms with Crippen LogP contribution in [0.4, 0.5) is 0 Å². The van der Waals surface area contributed by atoms with E-state index in [2.05, 4.69) is 15.2 Å². The molecule has 0 aliphatic carbocycles. The number of aromatic nitrogens is 2. The van der Waals surface area contributed by atoms with E-state index in [0.717, 1.165) is 5.56 Å². The monoisotopic (exact) mass is 293 g/mol. The number of carbonyl (C=O) groups excluding carboxylic acids is 2. The van der Waals surface area contributed by atoms with E-state index in [0.29, 0.717) is 6.54 Å². The lowest BCUT2D eigenvalue weighted by molar-refractivity contribution is -0.146. The molecular weight excluding hydrogens is 278 g/mol. The second-order valence-electron chi connectivity index (χ2n) is 4.14. The maximum Gasteiger partial charge on any atom is 0.303 e. The second kappa shape index (κ2) is 6.85. The van der Waals surface area contributed by atoms with Gasteiger partial charge in [0.2, 0.25) is 0 Å². The zero-order chi connectivity index (χ0) is 14.4. The second-order valence-corrected chi connectivity index (χ2v) is 4.92. The molecule has 20 heavy (non-hydrogen) atoms. The van der Waals surface area contributed by atoms with Gasteiger partial charge >= 0.3 is 5.97 Å². The minimum absolute atomic E-state index is 0.0717. The predicted molar refractivity (Wildman–Crippen MR) is 74.3 cm³/mol. The Morgan fingerprint density at radius 3 is 3.00 bits per heavy atom. The maximum atomic E-state index is 11.6. The minimum Gasteiger partial charge on any atom is -0.456 e. The Hall–Kier alpha value is -2.15. The molecule has 2 aromatic rings. The highest BCUT2D eigenvalue weighted by molar-refractivity contribution is 7.07. The van der Waals surface area contributed by atoms with Crippen LogP contribution >= 0.6 is 11.3 Å². The van der Waals surface area contributed by atoms with Crippen molar-refractivity contribution in [3.05, 3.63) is 40.8 Å². The molecule has 1 amide bonds. The Balaban J connectivity index is 1.96. The van der Waals surface area contributed by atoms with E-state index in [4.69, 9.17) is 0 Å². The molecule has 2 rings (SSSR count). The van der Waals surface area contributed by atoms with Gasteiger partial charge in [-0.1, -0.05) is 0 Å². The Morgan fingerprint density at radius 1 is 1.55 bits per heavy atom. The summed E-state index contributed by atoms with van der Waals surface area (Å²) in [6.45, 7) is 1.40. The molecule has 0 saturated heterocycles. The first-order chi connectivity index (χ1) is 9.66. The molecule has 0 spiro atoms. The summed E-state index contributed by atoms with van der Waals surface area (Å²) in [4.78, 5) is 22.2. The lowest BCUT2D eigenvalue weighted by Crippen LogP contribution is -2.34. The van der Waals surface area contributed by atoms with Crippen LogP contribution in [0.1, 0.15) is 18.5 Å². The van der Waals surface area contributed by atoms with Crippen molar-refractivity contribution in [2.75, 3.05) is 13.2 Å². The maximum absolute atomic E-state index is 11.6. The lowest BCUT2D eigenvalue weighted by atomic mass is 10.1. The van der Waals surface area contributed by atoms with Gasteiger partial charge < -0.3 is 10.1 Å². The fraction of sp³-hybridized carbons (Fsp3) is 0.308. The average molecular weight is 293 g/mol. The molecule has 7 heteroatoms. The third-order valence-corrected chi connectivity index (χ3v) is 3.37. The summed E-state index contributed by atoms with van der Waals surface area (Å²) in [7, 11) is 0. The predicted octanol–water partition coefficient (Wildman–Crippen LogP) is 1.21. The summed E-state index contributed by atoms with van der Waals surface area (Å²) in [6, 6.07) is 3.76. The molecular formula is C13H15N3O3S. The van der Waals surface area contributed by atoms with Crippen molar-refractivity contribution in [1.29, 1.82) is 0 Å². The molecule has 0 aromatic carbocycles. The van der Waals surface area contributed by atoms with E-state index in [-0.39, 0.29) is 18.6 Å². The number of carbonyl (C=O) groups is 2. The number of ether oxygens (including phenoxy) is 1. The van der Waals surface area contributed by atoms with Crippen molar-refractivity contribution in [3.63, 3.8) is 0 Å². The van der Waals surface area contributed by atoms with Crippen LogP contribution in [0.15, 0.2) is 35.3 Å². The molecule has 106 valence electrons. The number of nitrogens with zero attached hydrogens (tertiary/aromatic N) is 2. The fourth-order valence-electron chi connectivity index (χ4n) is 1.72. The molecule has 0 radical (unpaired) electrons. The number of esters is 1. The van der Waals surface area contributed by atoms with Gasteiger partial charge in [-0.05, 0) is 28.5 Å². The summed E-state index contributed by atoms with van der Waals surface area (Å²) < 4.78 is 6.43. The molecule has 1 N–H and O–H groups in total. The number of hydrogen-bond acceptors (Lipinski definition) is 5. The summed E-state index contributed by atoms with van der Waals surface area (Å²) >= 11 is 1.59. The number of thiophene rings is 1. The number of amides is 1. The lowest BCUT2D eigenvalue weighted by Gasteiger charge is -2.17. The van der Waals surface area contributed by atoms with Crippen molar-refractivity contribution >= 4 is 23.2 Å². The van der Waals surface area contributed by atoms with Gasteiger partial charge in [0.05, 0.1) is 6.04 Å². The van der Waals surface area contributed by atoms with Crippen LogP contribution in [0.2, 0.25) is 0 Å². The summed E-state index contributed by atoms with van der Waals surface area (Å²) in [5.41, 5.74) is 1.08. The smallest absolute Gasteiger partial charge is 0.303 e. The van der Waals surface area contributed by atoms with Gasteiger partial charge in [-0.3, -0.25) is 14.3 Å². The molecule has 6 nitrogen and oxygen atoms in total. The van der Waals surface area contributed by atoms with E-state index in [1.807, 2.05) is 29.1 Å². The quantitative estimate of drug-likeness (QED) is 0.813. The Labute approximate surface area is 120 Å². The standard InChI is InChI=1S/C13H15N3O3S/c1-10(17)19-8-13(18)14-7-12(11-3-6-20-9-11)16-5-2-4-15-16/h2-6,9,12H,7-8H2,1H3,(H,14,18). The molecule has 2 heterocycles. The highest BCUT2D eigenvalue weighted by Gasteiger charge is 2.16. The van der Waals surface area contributed by atoms with Gasteiger partial charge in [0.25, 0.3) is 5.91 Å². The van der Waals surface area contributed by atoms with Gasteiger partial charge in [-0.25, -0.2) is 0 Å². The molecule has 0 aliphatic heterocycles. The van der Waals surface area contributed by atoms with Gasteiger partial charge in [-0.2, -0.15) is 16.4 Å². The van der Waals surface area contributed by atoms with Crippen LogP contribution in [-0.2, 0) is 14.3 Å². The van der Waals surface area contributed by atoms with Crippen LogP contribution in [0.25, 0.3) is 0 Å². The fourth-order valence-corrected chi connectivity index (χ4v) is 2.43. The molecule has 0 saturated carbocycles. The number of nitrogens with one attached hydrogen (secondary N) is 1. The van der Waals surface area contributed by atoms with Crippen LogP contribution in [0.3, 0.4) is 0 Å². The largest absolute Gasteiger partial charge is 0.456 e. The number of rotatable bonds is 6. The van der Waals surface area contributed by atoms with E-state index in [1.54, 1.807) is 22.2 Å². The van der Waals surface area contributed by atoms with E-state index in [9.17, 15) is 9.59 Å². The first-order valence-corrected chi connectivity index (χ1v) is 7.02. The summed E-state index contributed by atoms with van der Waals surface area (Å²) in [5.74, 6) is -0.797. The summed E-state index contributed by atoms with van der Waals surface area (Å²) in [5, 5.41) is 10.9. The van der Waals surface area contributed by atoms with Crippen molar-refractivity contribution in [3.8, 4) is 0 Å². The molecule has 2 aromatic heterocycles. The molecule has 0 bridgehead atoms. The third-order valence-electron chi connectivity index (χ3n) is 2.67. The highest BCUT2D eigenvalue weighted by Crippen LogP contribution is 2.19. The molecule has 1 atom stereocenters. The van der Waals surface area contributed by atoms with Gasteiger partial charge in [0.1, 0.15) is 0 Å². The topological polar surface area (TPSA) is 73.2 Å². The van der Waals surface area contributed by atoms with Crippen molar-refractivity contribution in [1.82, 2.24) is 15.1 Å². The van der Waals surface area contributed by atoms with Gasteiger partial charge in [0, 0.05) is 25.9 Å². The highest BCUT2D eigenvalue weighted by atomic mass is 32.1. The normalized spacial score (nSPS) is 11.8. The molecule has 0 aliphatic rings. The SMILES string of the molecule is CC(=O)OCC(=O)NCC(c1ccsc1)n1cccn1. The van der Waals surface area contributed by atoms with Gasteiger partial charge in [-0.15, -0.1) is 0 Å². The number of hydrogen-bond donors (Lipinski definition) is 1. The minimum atomic E-state index is -0.471. The molecule has 1 unspecified atom stereocenters. The Kier molecular flexibility index (Phi) is 4.89. The van der Waals surface area contributed by atoms with Crippen LogP contribution < -0.4 is 5.32 Å².